The smallest absolute Gasteiger partial charge is 0.416 e. The van der Waals surface area contributed by atoms with Crippen molar-refractivity contribution in [2.45, 2.75) is 63.3 Å². The van der Waals surface area contributed by atoms with Crippen LogP contribution in [-0.2, 0) is 44.8 Å². The van der Waals surface area contributed by atoms with Gasteiger partial charge >= 0.3 is 24.7 Å². The van der Waals surface area contributed by atoms with E-state index in [9.17, 15) is 52.7 Å². The van der Waals surface area contributed by atoms with Gasteiger partial charge in [-0.3, -0.25) is 4.90 Å². The maximum Gasteiger partial charge on any atom is 0.416 e. The predicted octanol–water partition coefficient (Wildman–Crippen LogP) is 8.71. The van der Waals surface area contributed by atoms with E-state index < -0.39 is 77.8 Å². The van der Waals surface area contributed by atoms with Crippen LogP contribution in [0.4, 0.5) is 58.6 Å². The van der Waals surface area contributed by atoms with Gasteiger partial charge in [0.1, 0.15) is 11.9 Å². The van der Waals surface area contributed by atoms with Gasteiger partial charge in [0.15, 0.2) is 0 Å². The third-order valence-electron chi connectivity index (χ3n) is 8.16. The lowest BCUT2D eigenvalue weighted by atomic mass is 9.92. The fraction of sp³-hybridized carbons (Fsp3) is 0.406. The number of tetrazole rings is 1. The van der Waals surface area contributed by atoms with Gasteiger partial charge in [-0.1, -0.05) is 24.2 Å². The molecule has 0 amide bonds. The first kappa shape index (κ1) is 37.7. The number of ether oxygens (including phenoxy) is 1. The molecule has 0 spiro atoms. The van der Waals surface area contributed by atoms with Crippen LogP contribution in [0.25, 0.3) is 0 Å². The van der Waals surface area contributed by atoms with Crippen molar-refractivity contribution < 1.29 is 57.4 Å². The summed E-state index contributed by atoms with van der Waals surface area (Å²) in [5, 5.41) is 11.5. The number of halogens is 12. The number of alkyl halides is 12. The number of aryl methyl sites for hydroxylation is 1. The molecule has 1 aromatic heterocycles. The molecular weight excluding hydrogens is 712 g/mol. The van der Waals surface area contributed by atoms with Crippen molar-refractivity contribution in [2.24, 2.45) is 7.05 Å². The molecule has 1 aliphatic rings. The average molecular weight is 741 g/mol. The van der Waals surface area contributed by atoms with Crippen molar-refractivity contribution in [1.29, 1.82) is 0 Å². The molecule has 51 heavy (non-hydrogen) atoms. The Labute approximate surface area is 282 Å². The zero-order valence-corrected chi connectivity index (χ0v) is 26.6. The second-order valence-electron chi connectivity index (χ2n) is 11.9. The fourth-order valence-electron chi connectivity index (χ4n) is 5.79. The lowest BCUT2D eigenvalue weighted by molar-refractivity contribution is -0.143. The Kier molecular flexibility index (Phi) is 10.3. The molecular formula is C32H28F12N6O. The summed E-state index contributed by atoms with van der Waals surface area (Å²) >= 11 is 0. The highest BCUT2D eigenvalue weighted by molar-refractivity contribution is 5.42. The quantitative estimate of drug-likeness (QED) is 0.152. The van der Waals surface area contributed by atoms with Crippen LogP contribution < -0.4 is 9.64 Å². The normalized spacial score (nSPS) is 15.5. The molecule has 4 aromatic rings. The Morgan fingerprint density at radius 2 is 1.33 bits per heavy atom. The molecule has 1 fully saturated rings. The topological polar surface area (TPSA) is 59.3 Å². The van der Waals surface area contributed by atoms with Crippen molar-refractivity contribution in [3.8, 4) is 5.75 Å². The second-order valence-corrected chi connectivity index (χ2v) is 11.9. The highest BCUT2D eigenvalue weighted by Gasteiger charge is 2.39. The minimum Gasteiger partial charge on any atom is -0.488 e. The number of anilines is 1. The first-order chi connectivity index (χ1) is 23.6. The number of hydrogen-bond donors (Lipinski definition) is 0. The van der Waals surface area contributed by atoms with Crippen LogP contribution in [0.1, 0.15) is 58.3 Å². The van der Waals surface area contributed by atoms with Crippen LogP contribution in [-0.4, -0.2) is 44.3 Å². The van der Waals surface area contributed by atoms with Gasteiger partial charge in [-0.2, -0.15) is 57.5 Å². The van der Waals surface area contributed by atoms with Crippen molar-refractivity contribution >= 4 is 5.95 Å². The van der Waals surface area contributed by atoms with E-state index >= 15 is 0 Å². The van der Waals surface area contributed by atoms with E-state index in [1.165, 1.54) is 25.2 Å². The third-order valence-corrected chi connectivity index (χ3v) is 8.16. The number of rotatable bonds is 10. The molecule has 1 atom stereocenters. The maximum absolute atomic E-state index is 13.9. The van der Waals surface area contributed by atoms with E-state index in [-0.39, 0.29) is 36.4 Å². The number of aromatic nitrogens is 4. The summed E-state index contributed by atoms with van der Waals surface area (Å²) in [6.45, 7) is 0.958. The number of likely N-dealkylation sites (tertiary alicyclic amines) is 1. The van der Waals surface area contributed by atoms with Gasteiger partial charge in [-0.25, -0.2) is 0 Å². The fourth-order valence-corrected chi connectivity index (χ4v) is 5.79. The predicted molar refractivity (Wildman–Crippen MR) is 157 cm³/mol. The van der Waals surface area contributed by atoms with Gasteiger partial charge in [-0.05, 0) is 76.9 Å². The Morgan fingerprint density at radius 1 is 0.745 bits per heavy atom. The Morgan fingerprint density at radius 3 is 1.86 bits per heavy atom. The summed E-state index contributed by atoms with van der Waals surface area (Å²) < 4.78 is 169. The van der Waals surface area contributed by atoms with E-state index in [2.05, 4.69) is 15.4 Å². The summed E-state index contributed by atoms with van der Waals surface area (Å²) in [7, 11) is 1.34. The molecule has 1 saturated heterocycles. The zero-order chi connectivity index (χ0) is 37.5. The van der Waals surface area contributed by atoms with Gasteiger partial charge < -0.3 is 9.64 Å². The minimum atomic E-state index is -5.14. The number of hydrogen-bond acceptors (Lipinski definition) is 6. The van der Waals surface area contributed by atoms with Crippen molar-refractivity contribution in [3.05, 3.63) is 99.6 Å². The van der Waals surface area contributed by atoms with Crippen LogP contribution in [0.2, 0.25) is 0 Å². The molecule has 3 aromatic carbocycles. The summed E-state index contributed by atoms with van der Waals surface area (Å²) in [5.41, 5.74) is -5.21. The third kappa shape index (κ3) is 9.04. The van der Waals surface area contributed by atoms with E-state index in [1.807, 2.05) is 4.90 Å². The second kappa shape index (κ2) is 13.9. The Balaban J connectivity index is 1.47. The molecule has 1 aliphatic heterocycles. The van der Waals surface area contributed by atoms with Crippen LogP contribution >= 0.6 is 0 Å². The molecule has 19 heteroatoms. The van der Waals surface area contributed by atoms with E-state index in [0.717, 1.165) is 34.0 Å². The number of benzene rings is 3. The molecule has 5 rings (SSSR count). The monoisotopic (exact) mass is 740 g/mol. The highest BCUT2D eigenvalue weighted by atomic mass is 19.4. The molecule has 2 heterocycles. The van der Waals surface area contributed by atoms with Crippen molar-refractivity contribution in [3.63, 3.8) is 0 Å². The van der Waals surface area contributed by atoms with Crippen molar-refractivity contribution in [2.75, 3.05) is 18.0 Å². The highest BCUT2D eigenvalue weighted by Crippen LogP contribution is 2.40. The van der Waals surface area contributed by atoms with Crippen LogP contribution in [0.3, 0.4) is 0 Å². The molecule has 1 unspecified atom stereocenters. The molecule has 276 valence electrons. The SMILES string of the molecule is CCC(c1ccc(C(F)(F)F)cc1CN(Cc1cc(C(F)(F)F)cc(C(F)(F)F)c1)c1nnn(C)n1)N1CC(Oc2cccc(C(F)(F)F)c2)C1. The Bertz CT molecular complexity index is 1790. The van der Waals surface area contributed by atoms with E-state index in [0.29, 0.717) is 24.1 Å². The van der Waals surface area contributed by atoms with E-state index in [4.69, 9.17) is 4.74 Å². The van der Waals surface area contributed by atoms with Gasteiger partial charge in [-0.15, -0.1) is 5.10 Å². The molecule has 0 radical (unpaired) electrons. The summed E-state index contributed by atoms with van der Waals surface area (Å²) in [5.74, 6) is -0.300. The number of nitrogens with zero attached hydrogens (tertiary/aromatic N) is 6. The molecule has 0 saturated carbocycles. The Hall–Kier alpha value is -4.55. The first-order valence-corrected chi connectivity index (χ1v) is 15.2. The summed E-state index contributed by atoms with van der Waals surface area (Å²) in [6, 6.07) is 7.63. The van der Waals surface area contributed by atoms with Crippen LogP contribution in [0.15, 0.2) is 60.7 Å². The standard InChI is InChI=1S/C32H28F12N6O/c1-3-27(49-16-25(17-49)51-24-6-4-5-20(13-24)29(33,34)35)26-8-7-21(30(36,37)38)11-19(26)15-50(28-45-47-48(2)46-28)14-18-9-22(31(39,40)41)12-23(10-18)32(42,43)44/h4-13,25,27H,3,14-17H2,1-2H3. The summed E-state index contributed by atoms with van der Waals surface area (Å²) in [6.07, 6.45) is -19.9. The van der Waals surface area contributed by atoms with Crippen LogP contribution in [0, 0.1) is 0 Å². The first-order valence-electron chi connectivity index (χ1n) is 15.2. The van der Waals surface area contributed by atoms with E-state index in [1.54, 1.807) is 6.92 Å². The molecule has 0 N–H and O–H groups in total. The van der Waals surface area contributed by atoms with Gasteiger partial charge in [0.25, 0.3) is 5.95 Å². The molecule has 0 aliphatic carbocycles. The average Bonchev–Trinajstić information content (AvgIpc) is 3.44. The van der Waals surface area contributed by atoms with Gasteiger partial charge in [0, 0.05) is 32.2 Å². The lowest BCUT2D eigenvalue weighted by Gasteiger charge is -2.44. The molecule has 0 bridgehead atoms. The zero-order valence-electron chi connectivity index (χ0n) is 26.6. The lowest BCUT2D eigenvalue weighted by Crippen LogP contribution is -2.55. The largest absolute Gasteiger partial charge is 0.488 e. The van der Waals surface area contributed by atoms with Gasteiger partial charge in [0.05, 0.1) is 29.3 Å². The van der Waals surface area contributed by atoms with Gasteiger partial charge in [0.2, 0.25) is 0 Å². The molecule has 7 nitrogen and oxygen atoms in total. The van der Waals surface area contributed by atoms with Crippen LogP contribution in [0.5, 0.6) is 5.75 Å². The maximum atomic E-state index is 13.9. The minimum absolute atomic E-state index is 0.0203. The van der Waals surface area contributed by atoms with Crippen molar-refractivity contribution in [1.82, 2.24) is 25.1 Å². The summed E-state index contributed by atoms with van der Waals surface area (Å²) in [4.78, 5) is 3.91.